The van der Waals surface area contributed by atoms with Crippen LogP contribution in [-0.4, -0.2) is 12.5 Å². The summed E-state index contributed by atoms with van der Waals surface area (Å²) in [4.78, 5) is 11.5. The molecule has 0 heterocycles. The summed E-state index contributed by atoms with van der Waals surface area (Å²) in [5.41, 5.74) is 0. The third-order valence-electron chi connectivity index (χ3n) is 5.42. The summed E-state index contributed by atoms with van der Waals surface area (Å²) in [7, 11) is 0. The van der Waals surface area contributed by atoms with Gasteiger partial charge in [-0.2, -0.15) is 0 Å². The molecule has 0 saturated heterocycles. The molecule has 0 saturated carbocycles. The highest BCUT2D eigenvalue weighted by atomic mass is 16.1. The maximum atomic E-state index is 11.5. The van der Waals surface area contributed by atoms with Crippen molar-refractivity contribution in [3.8, 4) is 23.7 Å². The van der Waals surface area contributed by atoms with Crippen LogP contribution in [0.25, 0.3) is 0 Å². The van der Waals surface area contributed by atoms with E-state index in [0.717, 1.165) is 38.6 Å². The van der Waals surface area contributed by atoms with Gasteiger partial charge in [0.2, 0.25) is 5.91 Å². The van der Waals surface area contributed by atoms with Crippen LogP contribution >= 0.6 is 0 Å². The zero-order valence-corrected chi connectivity index (χ0v) is 20.3. The molecule has 0 aliphatic heterocycles. The molecule has 0 unspecified atom stereocenters. The summed E-state index contributed by atoms with van der Waals surface area (Å²) in [6.45, 7) is 5.17. The summed E-state index contributed by atoms with van der Waals surface area (Å²) in [5, 5.41) is 2.93. The number of hydrogen-bond donors (Lipinski definition) is 1. The fourth-order valence-corrected chi connectivity index (χ4v) is 3.47. The van der Waals surface area contributed by atoms with Crippen LogP contribution in [0.1, 0.15) is 142 Å². The van der Waals surface area contributed by atoms with Crippen LogP contribution < -0.4 is 5.32 Å². The number of rotatable bonds is 20. The molecule has 30 heavy (non-hydrogen) atoms. The number of carbonyl (C=O) groups excluding carboxylic acids is 1. The van der Waals surface area contributed by atoms with Crippen molar-refractivity contribution < 1.29 is 4.79 Å². The number of nitrogens with one attached hydrogen (secondary N) is 1. The van der Waals surface area contributed by atoms with Crippen molar-refractivity contribution >= 4 is 5.91 Å². The van der Waals surface area contributed by atoms with E-state index in [-0.39, 0.29) is 5.91 Å². The lowest BCUT2D eigenvalue weighted by molar-refractivity contribution is -0.121. The van der Waals surface area contributed by atoms with Gasteiger partial charge in [-0.15, -0.1) is 0 Å². The van der Waals surface area contributed by atoms with E-state index in [9.17, 15) is 4.79 Å². The molecule has 0 fully saturated rings. The van der Waals surface area contributed by atoms with Crippen molar-refractivity contribution in [1.29, 1.82) is 0 Å². The van der Waals surface area contributed by atoms with Crippen LogP contribution in [0.3, 0.4) is 0 Å². The van der Waals surface area contributed by atoms with Crippen molar-refractivity contribution in [2.75, 3.05) is 6.54 Å². The van der Waals surface area contributed by atoms with Gasteiger partial charge in [-0.1, -0.05) is 109 Å². The SMILES string of the molecule is CCCCCCCCCCCCC#CC#CCCCCCCCCC(=O)NCCC. The Morgan fingerprint density at radius 3 is 1.47 bits per heavy atom. The molecule has 0 aromatic carbocycles. The van der Waals surface area contributed by atoms with Gasteiger partial charge >= 0.3 is 0 Å². The van der Waals surface area contributed by atoms with Crippen LogP contribution in [0.15, 0.2) is 0 Å². The molecule has 0 spiro atoms. The number of unbranched alkanes of at least 4 members (excludes halogenated alkanes) is 16. The average molecular weight is 416 g/mol. The van der Waals surface area contributed by atoms with E-state index >= 15 is 0 Å². The molecule has 1 amide bonds. The molecular weight excluding hydrogens is 366 g/mol. The van der Waals surface area contributed by atoms with E-state index in [4.69, 9.17) is 0 Å². The predicted octanol–water partition coefficient (Wildman–Crippen LogP) is 7.95. The Bertz CT molecular complexity index is 488. The van der Waals surface area contributed by atoms with Crippen molar-refractivity contribution in [3.05, 3.63) is 0 Å². The zero-order valence-electron chi connectivity index (χ0n) is 20.3. The monoisotopic (exact) mass is 415 g/mol. The first-order valence-corrected chi connectivity index (χ1v) is 13.0. The zero-order chi connectivity index (χ0) is 22.0. The molecule has 0 aliphatic rings. The van der Waals surface area contributed by atoms with Crippen LogP contribution in [0, 0.1) is 23.7 Å². The van der Waals surface area contributed by atoms with Gasteiger partial charge in [0, 0.05) is 25.8 Å². The summed E-state index contributed by atoms with van der Waals surface area (Å²) in [6, 6.07) is 0. The Kier molecular flexibility index (Phi) is 24.4. The van der Waals surface area contributed by atoms with E-state index in [1.54, 1.807) is 0 Å². The largest absolute Gasteiger partial charge is 0.356 e. The summed E-state index contributed by atoms with van der Waals surface area (Å²) in [6.07, 6.45) is 24.5. The molecule has 0 radical (unpaired) electrons. The van der Waals surface area contributed by atoms with Gasteiger partial charge < -0.3 is 5.32 Å². The summed E-state index contributed by atoms with van der Waals surface area (Å²) >= 11 is 0. The lowest BCUT2D eigenvalue weighted by atomic mass is 10.1. The highest BCUT2D eigenvalue weighted by Gasteiger charge is 1.99. The molecule has 0 aliphatic carbocycles. The lowest BCUT2D eigenvalue weighted by Crippen LogP contribution is -2.23. The number of carbonyl (C=O) groups is 1. The molecule has 0 aromatic rings. The van der Waals surface area contributed by atoms with Gasteiger partial charge in [0.1, 0.15) is 0 Å². The average Bonchev–Trinajstić information content (AvgIpc) is 2.75. The van der Waals surface area contributed by atoms with E-state index < -0.39 is 0 Å². The Balaban J connectivity index is 3.28. The highest BCUT2D eigenvalue weighted by molar-refractivity contribution is 5.75. The Morgan fingerprint density at radius 2 is 1.00 bits per heavy atom. The second-order valence-corrected chi connectivity index (χ2v) is 8.51. The maximum absolute atomic E-state index is 11.5. The van der Waals surface area contributed by atoms with Crippen molar-refractivity contribution in [2.24, 2.45) is 0 Å². The van der Waals surface area contributed by atoms with Gasteiger partial charge in [-0.05, 0) is 37.5 Å². The third-order valence-corrected chi connectivity index (χ3v) is 5.42. The molecule has 0 bridgehead atoms. The van der Waals surface area contributed by atoms with E-state index in [1.165, 1.54) is 89.9 Å². The smallest absolute Gasteiger partial charge is 0.219 e. The maximum Gasteiger partial charge on any atom is 0.219 e. The van der Waals surface area contributed by atoms with Gasteiger partial charge in [-0.25, -0.2) is 0 Å². The second kappa shape index (κ2) is 25.6. The van der Waals surface area contributed by atoms with Crippen LogP contribution in [0.2, 0.25) is 0 Å². The number of hydrogen-bond acceptors (Lipinski definition) is 1. The fraction of sp³-hybridized carbons (Fsp3) is 0.821. The summed E-state index contributed by atoms with van der Waals surface area (Å²) < 4.78 is 0. The minimum absolute atomic E-state index is 0.210. The first kappa shape index (κ1) is 28.6. The standard InChI is InChI=1S/C28H49NO/c1-3-5-6-7-8-9-10-11-12-13-14-15-16-17-18-19-20-21-22-23-24-25-26-28(30)29-27-4-2/h3-14,19-27H2,1-2H3,(H,29,30). The minimum Gasteiger partial charge on any atom is -0.356 e. The van der Waals surface area contributed by atoms with Crippen molar-refractivity contribution in [1.82, 2.24) is 5.32 Å². The van der Waals surface area contributed by atoms with Gasteiger partial charge in [0.15, 0.2) is 0 Å². The first-order valence-electron chi connectivity index (χ1n) is 13.0. The quantitative estimate of drug-likeness (QED) is 0.159. The van der Waals surface area contributed by atoms with E-state index in [1.807, 2.05) is 0 Å². The van der Waals surface area contributed by atoms with E-state index in [0.29, 0.717) is 6.42 Å². The van der Waals surface area contributed by atoms with Gasteiger partial charge in [-0.3, -0.25) is 4.79 Å². The number of amides is 1. The van der Waals surface area contributed by atoms with Gasteiger partial charge in [0.05, 0.1) is 0 Å². The molecule has 0 aromatic heterocycles. The molecule has 1 N–H and O–H groups in total. The lowest BCUT2D eigenvalue weighted by Gasteiger charge is -2.03. The molecule has 2 nitrogen and oxygen atoms in total. The van der Waals surface area contributed by atoms with Crippen LogP contribution in [0.5, 0.6) is 0 Å². The normalized spacial score (nSPS) is 10.1. The Labute approximate surface area is 188 Å². The van der Waals surface area contributed by atoms with Crippen LogP contribution in [0.4, 0.5) is 0 Å². The van der Waals surface area contributed by atoms with Crippen molar-refractivity contribution in [3.63, 3.8) is 0 Å². The molecule has 172 valence electrons. The molecule has 0 rings (SSSR count). The minimum atomic E-state index is 0.210. The Morgan fingerprint density at radius 1 is 0.567 bits per heavy atom. The fourth-order valence-electron chi connectivity index (χ4n) is 3.47. The topological polar surface area (TPSA) is 29.1 Å². The molecule has 2 heteroatoms. The Hall–Kier alpha value is -1.41. The molecule has 0 atom stereocenters. The first-order chi connectivity index (χ1) is 14.8. The molecular formula is C28H49NO. The summed E-state index contributed by atoms with van der Waals surface area (Å²) in [5.74, 6) is 12.6. The van der Waals surface area contributed by atoms with Crippen molar-refractivity contribution in [2.45, 2.75) is 142 Å². The highest BCUT2D eigenvalue weighted by Crippen LogP contribution is 2.11. The van der Waals surface area contributed by atoms with Gasteiger partial charge in [0.25, 0.3) is 0 Å². The second-order valence-electron chi connectivity index (χ2n) is 8.51. The predicted molar refractivity (Wildman–Crippen MR) is 132 cm³/mol. The van der Waals surface area contributed by atoms with E-state index in [2.05, 4.69) is 42.8 Å². The van der Waals surface area contributed by atoms with Crippen LogP contribution in [-0.2, 0) is 4.79 Å². The third kappa shape index (κ3) is 24.6.